The van der Waals surface area contributed by atoms with E-state index in [4.69, 9.17) is 16.0 Å². The van der Waals surface area contributed by atoms with Crippen LogP contribution in [-0.2, 0) is 0 Å². The highest BCUT2D eigenvalue weighted by atomic mass is 35.5. The van der Waals surface area contributed by atoms with Crippen LogP contribution in [0.2, 0.25) is 5.02 Å². The lowest BCUT2D eigenvalue weighted by atomic mass is 10.2. The Bertz CT molecular complexity index is 860. The van der Waals surface area contributed by atoms with Gasteiger partial charge >= 0.3 is 0 Å². The molecule has 0 saturated heterocycles. The fourth-order valence-corrected chi connectivity index (χ4v) is 3.11. The third-order valence-corrected chi connectivity index (χ3v) is 4.71. The number of amides is 1. The number of nitrogens with one attached hydrogen (secondary N) is 1. The number of thioether (sulfide) groups is 1. The van der Waals surface area contributed by atoms with Gasteiger partial charge < -0.3 is 4.42 Å². The van der Waals surface area contributed by atoms with Crippen LogP contribution in [0.4, 0.5) is 5.13 Å². The lowest BCUT2D eigenvalue weighted by Gasteiger charge is -2.05. The van der Waals surface area contributed by atoms with Crippen LogP contribution in [0.1, 0.15) is 16.1 Å². The van der Waals surface area contributed by atoms with Crippen LogP contribution in [0.15, 0.2) is 39.6 Å². The van der Waals surface area contributed by atoms with Crippen molar-refractivity contribution in [2.45, 2.75) is 11.8 Å². The molecule has 0 aliphatic carbocycles. The number of halogens is 1. The largest absolute Gasteiger partial charge is 0.458 e. The maximum atomic E-state index is 12.4. The monoisotopic (exact) mass is 365 g/mol. The second-order valence-corrected chi connectivity index (χ2v) is 6.67. The van der Waals surface area contributed by atoms with Crippen LogP contribution in [0, 0.1) is 6.92 Å². The van der Waals surface area contributed by atoms with Gasteiger partial charge in [0, 0.05) is 16.4 Å². The molecule has 0 saturated carbocycles. The van der Waals surface area contributed by atoms with Crippen molar-refractivity contribution in [3.8, 4) is 11.6 Å². The molecule has 1 aromatic carbocycles. The first-order valence-corrected chi connectivity index (χ1v) is 9.00. The van der Waals surface area contributed by atoms with Gasteiger partial charge in [-0.15, -0.1) is 11.8 Å². The number of aromatic nitrogens is 2. The zero-order valence-electron chi connectivity index (χ0n) is 12.3. The van der Waals surface area contributed by atoms with Crippen molar-refractivity contribution in [1.29, 1.82) is 0 Å². The molecule has 118 valence electrons. The second kappa shape index (κ2) is 6.74. The molecule has 0 spiro atoms. The maximum Gasteiger partial charge on any atom is 0.259 e. The van der Waals surface area contributed by atoms with Gasteiger partial charge in [0.15, 0.2) is 5.76 Å². The summed E-state index contributed by atoms with van der Waals surface area (Å²) >= 11 is 8.73. The number of aryl methyl sites for hydroxylation is 1. The highest BCUT2D eigenvalue weighted by Crippen LogP contribution is 2.26. The first kappa shape index (κ1) is 16.0. The minimum Gasteiger partial charge on any atom is -0.458 e. The van der Waals surface area contributed by atoms with E-state index in [0.29, 0.717) is 27.3 Å². The van der Waals surface area contributed by atoms with Crippen molar-refractivity contribution >= 4 is 45.9 Å². The van der Waals surface area contributed by atoms with E-state index in [0.717, 1.165) is 22.2 Å². The van der Waals surface area contributed by atoms with Crippen molar-refractivity contribution in [3.05, 3.63) is 46.7 Å². The van der Waals surface area contributed by atoms with Gasteiger partial charge in [-0.2, -0.15) is 9.36 Å². The van der Waals surface area contributed by atoms with Crippen molar-refractivity contribution in [1.82, 2.24) is 9.36 Å². The van der Waals surface area contributed by atoms with Gasteiger partial charge in [0.2, 0.25) is 11.0 Å². The Kier molecular flexibility index (Phi) is 4.70. The summed E-state index contributed by atoms with van der Waals surface area (Å²) in [4.78, 5) is 17.6. The smallest absolute Gasteiger partial charge is 0.259 e. The van der Waals surface area contributed by atoms with Crippen LogP contribution in [0.25, 0.3) is 11.6 Å². The van der Waals surface area contributed by atoms with E-state index in [9.17, 15) is 4.79 Å². The summed E-state index contributed by atoms with van der Waals surface area (Å²) in [6, 6.07) is 8.95. The second-order valence-electron chi connectivity index (χ2n) is 4.63. The van der Waals surface area contributed by atoms with Crippen LogP contribution < -0.4 is 5.32 Å². The third kappa shape index (κ3) is 3.57. The number of furan rings is 1. The fourth-order valence-electron chi connectivity index (χ4n) is 1.90. The third-order valence-electron chi connectivity index (χ3n) is 3.03. The van der Waals surface area contributed by atoms with Crippen molar-refractivity contribution in [3.63, 3.8) is 0 Å². The first-order chi connectivity index (χ1) is 11.1. The van der Waals surface area contributed by atoms with E-state index < -0.39 is 0 Å². The van der Waals surface area contributed by atoms with E-state index in [-0.39, 0.29) is 5.91 Å². The van der Waals surface area contributed by atoms with E-state index in [1.165, 1.54) is 0 Å². The minimum absolute atomic E-state index is 0.316. The summed E-state index contributed by atoms with van der Waals surface area (Å²) in [6.45, 7) is 1.85. The molecule has 0 fully saturated rings. The molecular weight excluding hydrogens is 354 g/mol. The summed E-state index contributed by atoms with van der Waals surface area (Å²) in [5, 5.41) is 3.51. The maximum absolute atomic E-state index is 12.4. The Morgan fingerprint density at radius 3 is 2.87 bits per heavy atom. The zero-order valence-corrected chi connectivity index (χ0v) is 14.7. The predicted octanol–water partition coefficient (Wildman–Crippen LogP) is 4.73. The highest BCUT2D eigenvalue weighted by molar-refractivity contribution is 7.98. The average Bonchev–Trinajstić information content (AvgIpc) is 3.16. The van der Waals surface area contributed by atoms with E-state index in [2.05, 4.69) is 14.7 Å². The molecule has 0 unspecified atom stereocenters. The van der Waals surface area contributed by atoms with Crippen molar-refractivity contribution < 1.29 is 9.21 Å². The number of hydrogen-bond donors (Lipinski definition) is 1. The van der Waals surface area contributed by atoms with E-state index in [1.807, 2.05) is 25.3 Å². The van der Waals surface area contributed by atoms with Gasteiger partial charge in [-0.25, -0.2) is 0 Å². The molecule has 0 radical (unpaired) electrons. The predicted molar refractivity (Wildman–Crippen MR) is 93.5 cm³/mol. The van der Waals surface area contributed by atoms with E-state index in [1.54, 1.807) is 30.0 Å². The van der Waals surface area contributed by atoms with Gasteiger partial charge in [-0.05, 0) is 43.5 Å². The number of anilines is 1. The molecule has 0 aliphatic heterocycles. The van der Waals surface area contributed by atoms with Gasteiger partial charge in [-0.3, -0.25) is 10.1 Å². The van der Waals surface area contributed by atoms with Crippen LogP contribution in [-0.4, -0.2) is 21.5 Å². The number of hydrogen-bond acceptors (Lipinski definition) is 6. The number of benzene rings is 1. The average molecular weight is 366 g/mol. The van der Waals surface area contributed by atoms with Gasteiger partial charge in [0.1, 0.15) is 5.76 Å². The Labute approximate surface area is 146 Å². The summed E-state index contributed by atoms with van der Waals surface area (Å²) in [5.41, 5.74) is 0.407. The summed E-state index contributed by atoms with van der Waals surface area (Å²) in [5.74, 6) is 1.48. The molecular formula is C15H12ClN3O2S2. The van der Waals surface area contributed by atoms with Gasteiger partial charge in [0.25, 0.3) is 5.91 Å². The number of rotatable bonds is 4. The van der Waals surface area contributed by atoms with Crippen LogP contribution in [0.5, 0.6) is 0 Å². The zero-order chi connectivity index (χ0) is 16.4. The molecule has 1 amide bonds. The summed E-state index contributed by atoms with van der Waals surface area (Å²) < 4.78 is 9.65. The SMILES string of the molecule is CSc1ccc(Cl)c(C(=O)Nc2nc(-c3ccc(C)o3)ns2)c1. The van der Waals surface area contributed by atoms with Gasteiger partial charge in [-0.1, -0.05) is 11.6 Å². The quantitative estimate of drug-likeness (QED) is 0.676. The summed E-state index contributed by atoms with van der Waals surface area (Å²) in [6.07, 6.45) is 1.94. The van der Waals surface area contributed by atoms with Crippen molar-refractivity contribution in [2.24, 2.45) is 0 Å². The molecule has 2 heterocycles. The molecule has 0 bridgehead atoms. The topological polar surface area (TPSA) is 68.0 Å². The molecule has 8 heteroatoms. The number of carbonyl (C=O) groups excluding carboxylic acids is 1. The lowest BCUT2D eigenvalue weighted by molar-refractivity contribution is 0.102. The fraction of sp³-hybridized carbons (Fsp3) is 0.133. The minimum atomic E-state index is -0.316. The Balaban J connectivity index is 1.80. The molecule has 0 aliphatic rings. The highest BCUT2D eigenvalue weighted by Gasteiger charge is 2.15. The van der Waals surface area contributed by atoms with Crippen LogP contribution >= 0.6 is 34.9 Å². The molecule has 3 aromatic rings. The lowest BCUT2D eigenvalue weighted by Crippen LogP contribution is -2.12. The molecule has 3 rings (SSSR count). The summed E-state index contributed by atoms with van der Waals surface area (Å²) in [7, 11) is 0. The van der Waals surface area contributed by atoms with Gasteiger partial charge in [0.05, 0.1) is 10.6 Å². The molecule has 1 N–H and O–H groups in total. The van der Waals surface area contributed by atoms with Crippen molar-refractivity contribution in [2.75, 3.05) is 11.6 Å². The molecule has 23 heavy (non-hydrogen) atoms. The standard InChI is InChI=1S/C15H12ClN3O2S2/c1-8-3-6-12(21-8)13-17-15(23-19-13)18-14(20)10-7-9(22-2)4-5-11(10)16/h3-7H,1-2H3,(H,17,18,19,20). The Morgan fingerprint density at radius 1 is 1.35 bits per heavy atom. The number of nitrogens with zero attached hydrogens (tertiary/aromatic N) is 2. The van der Waals surface area contributed by atoms with E-state index >= 15 is 0 Å². The Morgan fingerprint density at radius 2 is 2.17 bits per heavy atom. The normalized spacial score (nSPS) is 10.7. The molecule has 2 aromatic heterocycles. The Hall–Kier alpha value is -1.83. The van der Waals surface area contributed by atoms with Crippen LogP contribution in [0.3, 0.4) is 0 Å². The number of carbonyl (C=O) groups is 1. The molecule has 5 nitrogen and oxygen atoms in total. The first-order valence-electron chi connectivity index (χ1n) is 6.62. The molecule has 0 atom stereocenters.